The molecule has 1 aliphatic rings. The quantitative estimate of drug-likeness (QED) is 0.883. The number of hydrogen-bond acceptors (Lipinski definition) is 3. The van der Waals surface area contributed by atoms with Crippen LogP contribution in [0.25, 0.3) is 0 Å². The summed E-state index contributed by atoms with van der Waals surface area (Å²) in [7, 11) is 0. The molecule has 0 aliphatic carbocycles. The molecule has 1 fully saturated rings. The summed E-state index contributed by atoms with van der Waals surface area (Å²) in [6.07, 6.45) is 0. The summed E-state index contributed by atoms with van der Waals surface area (Å²) in [6.45, 7) is 1.43. The van der Waals surface area contributed by atoms with Gasteiger partial charge in [-0.2, -0.15) is 5.26 Å². The van der Waals surface area contributed by atoms with Crippen molar-refractivity contribution in [1.29, 1.82) is 5.26 Å². The standard InChI is InChI=1S/C18H14FN3O2/c1-18(14-8-4-5-9-15(14)19)16(23)22(17(24)21-18)11-13-7-3-2-6-12(13)10-20/h2-9H,11H2,1H3,(H,21,24)/t18-/m0/s1. The fourth-order valence-corrected chi connectivity index (χ4v) is 2.83. The number of hydrogen-bond donors (Lipinski definition) is 1. The van der Waals surface area contributed by atoms with Gasteiger partial charge in [0.25, 0.3) is 5.91 Å². The molecule has 1 heterocycles. The van der Waals surface area contributed by atoms with E-state index in [0.29, 0.717) is 11.1 Å². The number of nitrogens with one attached hydrogen (secondary N) is 1. The summed E-state index contributed by atoms with van der Waals surface area (Å²) in [5.74, 6) is -1.11. The Morgan fingerprint density at radius 2 is 1.83 bits per heavy atom. The van der Waals surface area contributed by atoms with Gasteiger partial charge in [0.05, 0.1) is 18.2 Å². The van der Waals surface area contributed by atoms with Gasteiger partial charge in [-0.3, -0.25) is 9.69 Å². The van der Waals surface area contributed by atoms with Crippen molar-refractivity contribution in [1.82, 2.24) is 10.2 Å². The molecule has 0 bridgehead atoms. The van der Waals surface area contributed by atoms with E-state index in [1.165, 1.54) is 25.1 Å². The highest BCUT2D eigenvalue weighted by molar-refractivity contribution is 6.07. The second kappa shape index (κ2) is 5.78. The lowest BCUT2D eigenvalue weighted by molar-refractivity contribution is -0.131. The first kappa shape index (κ1) is 15.7. The Kier molecular flexibility index (Phi) is 3.78. The van der Waals surface area contributed by atoms with E-state index in [2.05, 4.69) is 5.32 Å². The molecule has 5 nitrogen and oxygen atoms in total. The summed E-state index contributed by atoms with van der Waals surface area (Å²) in [5.41, 5.74) is -0.414. The Balaban J connectivity index is 1.96. The Labute approximate surface area is 138 Å². The van der Waals surface area contributed by atoms with Crippen LogP contribution in [0.3, 0.4) is 0 Å². The minimum Gasteiger partial charge on any atom is -0.319 e. The van der Waals surface area contributed by atoms with Crippen LogP contribution in [0.4, 0.5) is 9.18 Å². The average molecular weight is 323 g/mol. The van der Waals surface area contributed by atoms with Gasteiger partial charge in [-0.05, 0) is 24.6 Å². The molecule has 2 aromatic carbocycles. The molecule has 0 radical (unpaired) electrons. The first-order valence-electron chi connectivity index (χ1n) is 7.34. The molecule has 1 aliphatic heterocycles. The normalized spacial score (nSPS) is 20.0. The van der Waals surface area contributed by atoms with Crippen LogP contribution in [0.1, 0.15) is 23.6 Å². The van der Waals surface area contributed by atoms with Crippen LogP contribution in [-0.2, 0) is 16.9 Å². The van der Waals surface area contributed by atoms with Gasteiger partial charge in [0.2, 0.25) is 0 Å². The molecule has 0 saturated carbocycles. The molecule has 0 aromatic heterocycles. The zero-order valence-corrected chi connectivity index (χ0v) is 12.9. The number of carbonyl (C=O) groups excluding carboxylic acids is 2. The van der Waals surface area contributed by atoms with Crippen LogP contribution >= 0.6 is 0 Å². The van der Waals surface area contributed by atoms with Gasteiger partial charge in [0.1, 0.15) is 11.4 Å². The van der Waals surface area contributed by atoms with Crippen molar-refractivity contribution in [3.05, 3.63) is 71.0 Å². The Hall–Kier alpha value is -3.20. The number of imide groups is 1. The fourth-order valence-electron chi connectivity index (χ4n) is 2.83. The van der Waals surface area contributed by atoms with Crippen LogP contribution in [0, 0.1) is 17.1 Å². The second-order valence-corrected chi connectivity index (χ2v) is 5.70. The molecular formula is C18H14FN3O2. The molecule has 1 saturated heterocycles. The van der Waals surface area contributed by atoms with Gasteiger partial charge in [0.15, 0.2) is 0 Å². The molecule has 3 rings (SSSR count). The van der Waals surface area contributed by atoms with Crippen LogP contribution in [-0.4, -0.2) is 16.8 Å². The predicted octanol–water partition coefficient (Wildman–Crippen LogP) is 2.66. The number of rotatable bonds is 3. The molecule has 24 heavy (non-hydrogen) atoms. The van der Waals surface area contributed by atoms with Gasteiger partial charge in [-0.15, -0.1) is 0 Å². The molecule has 0 spiro atoms. The lowest BCUT2D eigenvalue weighted by Gasteiger charge is -2.22. The van der Waals surface area contributed by atoms with Gasteiger partial charge < -0.3 is 5.32 Å². The van der Waals surface area contributed by atoms with E-state index in [4.69, 9.17) is 5.26 Å². The van der Waals surface area contributed by atoms with Crippen LogP contribution < -0.4 is 5.32 Å². The first-order chi connectivity index (χ1) is 11.5. The first-order valence-corrected chi connectivity index (χ1v) is 7.34. The third kappa shape index (κ3) is 2.40. The zero-order valence-electron chi connectivity index (χ0n) is 12.9. The summed E-state index contributed by atoms with van der Waals surface area (Å²) in [5, 5.41) is 11.7. The number of nitriles is 1. The minimum absolute atomic E-state index is 0.0432. The minimum atomic E-state index is -1.47. The Bertz CT molecular complexity index is 875. The van der Waals surface area contributed by atoms with Gasteiger partial charge in [0, 0.05) is 5.56 Å². The topological polar surface area (TPSA) is 73.2 Å². The SMILES string of the molecule is C[C@@]1(c2ccccc2F)NC(=O)N(Cc2ccccc2C#N)C1=O. The number of amides is 3. The average Bonchev–Trinajstić information content (AvgIpc) is 2.80. The zero-order chi connectivity index (χ0) is 17.3. The maximum absolute atomic E-state index is 14.1. The monoisotopic (exact) mass is 323 g/mol. The number of urea groups is 1. The fraction of sp³-hybridized carbons (Fsp3) is 0.167. The van der Waals surface area contributed by atoms with E-state index in [1.54, 1.807) is 30.3 Å². The molecule has 6 heteroatoms. The summed E-state index contributed by atoms with van der Waals surface area (Å²) >= 11 is 0. The van der Waals surface area contributed by atoms with Gasteiger partial charge >= 0.3 is 6.03 Å². The van der Waals surface area contributed by atoms with E-state index < -0.39 is 23.3 Å². The van der Waals surface area contributed by atoms with Crippen molar-refractivity contribution in [3.63, 3.8) is 0 Å². The lowest BCUT2D eigenvalue weighted by atomic mass is 9.91. The Morgan fingerprint density at radius 1 is 1.17 bits per heavy atom. The predicted molar refractivity (Wildman–Crippen MR) is 84.0 cm³/mol. The number of benzene rings is 2. The van der Waals surface area contributed by atoms with E-state index in [9.17, 15) is 14.0 Å². The summed E-state index contributed by atoms with van der Waals surface area (Å²) in [6, 6.07) is 14.0. The van der Waals surface area contributed by atoms with E-state index in [-0.39, 0.29) is 12.1 Å². The van der Waals surface area contributed by atoms with Gasteiger partial charge in [-0.25, -0.2) is 9.18 Å². The van der Waals surface area contributed by atoms with E-state index >= 15 is 0 Å². The lowest BCUT2D eigenvalue weighted by Crippen LogP contribution is -2.41. The molecule has 0 unspecified atom stereocenters. The van der Waals surface area contributed by atoms with Crippen molar-refractivity contribution in [3.8, 4) is 6.07 Å². The summed E-state index contributed by atoms with van der Waals surface area (Å²) in [4.78, 5) is 26.1. The number of halogens is 1. The highest BCUT2D eigenvalue weighted by Gasteiger charge is 2.50. The summed E-state index contributed by atoms with van der Waals surface area (Å²) < 4.78 is 14.1. The van der Waals surface area contributed by atoms with Crippen LogP contribution in [0.15, 0.2) is 48.5 Å². The van der Waals surface area contributed by atoms with Crippen molar-refractivity contribution >= 4 is 11.9 Å². The molecule has 3 amide bonds. The van der Waals surface area contributed by atoms with Crippen molar-refractivity contribution in [2.75, 3.05) is 0 Å². The highest BCUT2D eigenvalue weighted by Crippen LogP contribution is 2.31. The molecule has 1 N–H and O–H groups in total. The van der Waals surface area contributed by atoms with Crippen LogP contribution in [0.2, 0.25) is 0 Å². The third-order valence-electron chi connectivity index (χ3n) is 4.15. The number of carbonyl (C=O) groups is 2. The maximum atomic E-state index is 14.1. The third-order valence-corrected chi connectivity index (χ3v) is 4.15. The highest BCUT2D eigenvalue weighted by atomic mass is 19.1. The smallest absolute Gasteiger partial charge is 0.319 e. The van der Waals surface area contributed by atoms with Crippen molar-refractivity contribution in [2.24, 2.45) is 0 Å². The van der Waals surface area contributed by atoms with Crippen molar-refractivity contribution in [2.45, 2.75) is 19.0 Å². The maximum Gasteiger partial charge on any atom is 0.325 e. The molecular weight excluding hydrogens is 309 g/mol. The molecule has 2 aromatic rings. The number of nitrogens with zero attached hydrogens (tertiary/aromatic N) is 2. The van der Waals surface area contributed by atoms with E-state index in [1.807, 2.05) is 6.07 Å². The molecule has 1 atom stereocenters. The molecule has 120 valence electrons. The van der Waals surface area contributed by atoms with Gasteiger partial charge in [-0.1, -0.05) is 36.4 Å². The Morgan fingerprint density at radius 3 is 2.54 bits per heavy atom. The second-order valence-electron chi connectivity index (χ2n) is 5.70. The van der Waals surface area contributed by atoms with Crippen molar-refractivity contribution < 1.29 is 14.0 Å². The largest absolute Gasteiger partial charge is 0.325 e. The van der Waals surface area contributed by atoms with E-state index in [0.717, 1.165) is 4.90 Å². The van der Waals surface area contributed by atoms with Crippen LogP contribution in [0.5, 0.6) is 0 Å².